The van der Waals surface area contributed by atoms with Crippen LogP contribution in [0.2, 0.25) is 0 Å². The van der Waals surface area contributed by atoms with Gasteiger partial charge in [-0.3, -0.25) is 9.59 Å². The molecule has 0 spiro atoms. The van der Waals surface area contributed by atoms with Crippen molar-refractivity contribution in [3.8, 4) is 0 Å². The molecule has 0 aliphatic rings. The van der Waals surface area contributed by atoms with Gasteiger partial charge >= 0.3 is 5.97 Å². The highest BCUT2D eigenvalue weighted by Gasteiger charge is 2.17. The van der Waals surface area contributed by atoms with E-state index in [4.69, 9.17) is 4.74 Å². The van der Waals surface area contributed by atoms with E-state index in [1.54, 1.807) is 48.5 Å². The van der Waals surface area contributed by atoms with Crippen molar-refractivity contribution in [1.29, 1.82) is 0 Å². The van der Waals surface area contributed by atoms with Crippen molar-refractivity contribution in [1.82, 2.24) is 5.32 Å². The van der Waals surface area contributed by atoms with E-state index in [9.17, 15) is 14.4 Å². The van der Waals surface area contributed by atoms with Gasteiger partial charge in [-0.25, -0.2) is 4.79 Å². The fraction of sp³-hybridized carbons (Fsp3) is 0.160. The van der Waals surface area contributed by atoms with Gasteiger partial charge in [0.25, 0.3) is 11.8 Å². The Balaban J connectivity index is 1.53. The van der Waals surface area contributed by atoms with Crippen LogP contribution in [0, 0.1) is 0 Å². The molecule has 0 aliphatic heterocycles. The van der Waals surface area contributed by atoms with Gasteiger partial charge in [-0.15, -0.1) is 0 Å². The number of rotatable bonds is 8. The minimum atomic E-state index is -0.685. The van der Waals surface area contributed by atoms with Gasteiger partial charge in [-0.1, -0.05) is 67.6 Å². The first-order valence-electron chi connectivity index (χ1n) is 9.99. The molecule has 6 nitrogen and oxygen atoms in total. The molecule has 0 fully saturated rings. The minimum Gasteiger partial charge on any atom is -0.452 e. The van der Waals surface area contributed by atoms with Crippen molar-refractivity contribution >= 4 is 23.5 Å². The fourth-order valence-electron chi connectivity index (χ4n) is 2.98. The lowest BCUT2D eigenvalue weighted by molar-refractivity contribution is -0.124. The number of para-hydroxylation sites is 1. The number of hydrogen-bond acceptors (Lipinski definition) is 4. The third kappa shape index (κ3) is 6.27. The highest BCUT2D eigenvalue weighted by atomic mass is 16.5. The normalized spacial score (nSPS) is 11.3. The molecule has 0 heterocycles. The molecule has 3 aromatic rings. The molecule has 0 saturated heterocycles. The van der Waals surface area contributed by atoms with Gasteiger partial charge < -0.3 is 15.4 Å². The molecule has 0 aliphatic carbocycles. The van der Waals surface area contributed by atoms with E-state index in [1.165, 1.54) is 0 Å². The van der Waals surface area contributed by atoms with Crippen molar-refractivity contribution in [2.45, 2.75) is 12.8 Å². The van der Waals surface area contributed by atoms with Gasteiger partial charge in [0.2, 0.25) is 0 Å². The Bertz CT molecular complexity index is 1040. The van der Waals surface area contributed by atoms with Gasteiger partial charge in [0.05, 0.1) is 11.3 Å². The zero-order chi connectivity index (χ0) is 22.1. The second kappa shape index (κ2) is 10.7. The Morgan fingerprint density at radius 3 is 2.16 bits per heavy atom. The lowest BCUT2D eigenvalue weighted by atomic mass is 10.0. The first-order chi connectivity index (χ1) is 15.0. The van der Waals surface area contributed by atoms with Crippen LogP contribution in [0.25, 0.3) is 0 Å². The van der Waals surface area contributed by atoms with Crippen molar-refractivity contribution in [3.05, 3.63) is 102 Å². The maximum atomic E-state index is 12.5. The Morgan fingerprint density at radius 1 is 0.839 bits per heavy atom. The van der Waals surface area contributed by atoms with Crippen LogP contribution in [0.15, 0.2) is 84.9 Å². The molecule has 0 bridgehead atoms. The summed E-state index contributed by atoms with van der Waals surface area (Å²) in [6.07, 6.45) is 0. The summed E-state index contributed by atoms with van der Waals surface area (Å²) in [5.74, 6) is -1.28. The van der Waals surface area contributed by atoms with Crippen molar-refractivity contribution in [2.24, 2.45) is 0 Å². The topological polar surface area (TPSA) is 84.5 Å². The lowest BCUT2D eigenvalue weighted by Crippen LogP contribution is -2.31. The third-order valence-electron chi connectivity index (χ3n) is 4.74. The largest absolute Gasteiger partial charge is 0.452 e. The molecular formula is C25H24N2O4. The summed E-state index contributed by atoms with van der Waals surface area (Å²) >= 11 is 0. The smallest absolute Gasteiger partial charge is 0.340 e. The number of carbonyl (C=O) groups is 3. The van der Waals surface area contributed by atoms with Crippen LogP contribution in [0.1, 0.15) is 39.1 Å². The fourth-order valence-corrected chi connectivity index (χ4v) is 2.98. The van der Waals surface area contributed by atoms with Crippen LogP contribution in [-0.2, 0) is 9.53 Å². The number of nitrogens with one attached hydrogen (secondary N) is 2. The van der Waals surface area contributed by atoms with Crippen molar-refractivity contribution < 1.29 is 19.1 Å². The molecule has 0 saturated carbocycles. The number of carbonyl (C=O) groups excluding carboxylic acids is 3. The average molecular weight is 416 g/mol. The van der Waals surface area contributed by atoms with E-state index in [-0.39, 0.29) is 23.3 Å². The summed E-state index contributed by atoms with van der Waals surface area (Å²) in [6, 6.07) is 25.0. The van der Waals surface area contributed by atoms with Gasteiger partial charge in [-0.05, 0) is 35.7 Å². The third-order valence-corrected chi connectivity index (χ3v) is 4.74. The molecule has 158 valence electrons. The number of ether oxygens (including phenoxy) is 1. The Morgan fingerprint density at radius 2 is 1.45 bits per heavy atom. The molecule has 3 aromatic carbocycles. The Hall–Kier alpha value is -3.93. The standard InChI is InChI=1S/C25H24N2O4/c1-18(19-10-4-2-5-11-19)16-26-23(28)17-31-25(30)21-14-8-9-15-22(21)27-24(29)20-12-6-3-7-13-20/h2-15,18H,16-17H2,1H3,(H,26,28)(H,27,29)/t18-/m1/s1. The van der Waals surface area contributed by atoms with Crippen LogP contribution < -0.4 is 10.6 Å². The molecule has 1 atom stereocenters. The van der Waals surface area contributed by atoms with Crippen LogP contribution in [0.4, 0.5) is 5.69 Å². The minimum absolute atomic E-state index is 0.134. The summed E-state index contributed by atoms with van der Waals surface area (Å²) in [7, 11) is 0. The van der Waals surface area contributed by atoms with Crippen molar-refractivity contribution in [2.75, 3.05) is 18.5 Å². The molecule has 2 amide bonds. The molecule has 3 rings (SSSR count). The molecule has 31 heavy (non-hydrogen) atoms. The van der Waals surface area contributed by atoms with Gasteiger partial charge in [-0.2, -0.15) is 0 Å². The quantitative estimate of drug-likeness (QED) is 0.544. The maximum Gasteiger partial charge on any atom is 0.340 e. The van der Waals surface area contributed by atoms with Gasteiger partial charge in [0, 0.05) is 12.1 Å². The molecular weight excluding hydrogens is 392 g/mol. The predicted molar refractivity (Wildman–Crippen MR) is 119 cm³/mol. The first-order valence-corrected chi connectivity index (χ1v) is 9.99. The van der Waals surface area contributed by atoms with Crippen LogP contribution >= 0.6 is 0 Å². The van der Waals surface area contributed by atoms with E-state index in [1.807, 2.05) is 43.3 Å². The monoisotopic (exact) mass is 416 g/mol. The SMILES string of the molecule is C[C@H](CNC(=O)COC(=O)c1ccccc1NC(=O)c1ccccc1)c1ccccc1. The number of benzene rings is 3. The van der Waals surface area contributed by atoms with Crippen molar-refractivity contribution in [3.63, 3.8) is 0 Å². The number of amides is 2. The lowest BCUT2D eigenvalue weighted by Gasteiger charge is -2.14. The highest BCUT2D eigenvalue weighted by molar-refractivity contribution is 6.08. The summed E-state index contributed by atoms with van der Waals surface area (Å²) in [5, 5.41) is 5.48. The predicted octanol–water partition coefficient (Wildman–Crippen LogP) is 4.02. The molecule has 6 heteroatoms. The van der Waals surface area contributed by atoms with E-state index in [0.29, 0.717) is 17.8 Å². The summed E-state index contributed by atoms with van der Waals surface area (Å²) in [6.45, 7) is 2.04. The first kappa shape index (κ1) is 21.8. The highest BCUT2D eigenvalue weighted by Crippen LogP contribution is 2.18. The molecule has 0 radical (unpaired) electrons. The second-order valence-corrected chi connectivity index (χ2v) is 7.06. The average Bonchev–Trinajstić information content (AvgIpc) is 2.82. The number of anilines is 1. The van der Waals surface area contributed by atoms with E-state index >= 15 is 0 Å². The second-order valence-electron chi connectivity index (χ2n) is 7.06. The number of hydrogen-bond donors (Lipinski definition) is 2. The summed E-state index contributed by atoms with van der Waals surface area (Å²) < 4.78 is 5.15. The summed E-state index contributed by atoms with van der Waals surface area (Å²) in [4.78, 5) is 37.0. The molecule has 0 unspecified atom stereocenters. The van der Waals surface area contributed by atoms with Gasteiger partial charge in [0.1, 0.15) is 0 Å². The van der Waals surface area contributed by atoms with Gasteiger partial charge in [0.15, 0.2) is 6.61 Å². The Kier molecular flexibility index (Phi) is 7.54. The van der Waals surface area contributed by atoms with Crippen LogP contribution in [0.5, 0.6) is 0 Å². The molecule has 0 aromatic heterocycles. The van der Waals surface area contributed by atoms with E-state index in [2.05, 4.69) is 10.6 Å². The van der Waals surface area contributed by atoms with Crippen LogP contribution in [0.3, 0.4) is 0 Å². The van der Waals surface area contributed by atoms with E-state index in [0.717, 1.165) is 5.56 Å². The maximum absolute atomic E-state index is 12.5. The molecule has 2 N–H and O–H groups in total. The van der Waals surface area contributed by atoms with E-state index < -0.39 is 12.6 Å². The zero-order valence-electron chi connectivity index (χ0n) is 17.2. The Labute approximate surface area is 181 Å². The van der Waals surface area contributed by atoms with Crippen LogP contribution in [-0.4, -0.2) is 30.9 Å². The number of esters is 1. The zero-order valence-corrected chi connectivity index (χ0v) is 17.2. The summed E-state index contributed by atoms with van der Waals surface area (Å²) in [5.41, 5.74) is 2.08.